The van der Waals surface area contributed by atoms with Crippen molar-refractivity contribution in [3.8, 4) is 0 Å². The summed E-state index contributed by atoms with van der Waals surface area (Å²) in [6, 6.07) is 20.2. The van der Waals surface area contributed by atoms with Crippen LogP contribution >= 0.6 is 0 Å². The second kappa shape index (κ2) is 10.5. The Hall–Kier alpha value is -3.76. The minimum absolute atomic E-state index is 0.00293. The van der Waals surface area contributed by atoms with Crippen molar-refractivity contribution in [3.63, 3.8) is 0 Å². The minimum Gasteiger partial charge on any atom is -0.455 e. The number of fused-ring (bicyclic) bond motifs is 1. The molecule has 0 aromatic heterocycles. The molecular weight excluding hydrogens is 434 g/mol. The predicted molar refractivity (Wildman–Crippen MR) is 117 cm³/mol. The molecule has 166 valence electrons. The van der Waals surface area contributed by atoms with E-state index in [1.165, 1.54) is 12.1 Å². The Morgan fingerprint density at radius 2 is 1.53 bits per heavy atom. The van der Waals surface area contributed by atoms with Crippen LogP contribution in [0.1, 0.15) is 5.56 Å². The van der Waals surface area contributed by atoms with Crippen molar-refractivity contribution in [1.82, 2.24) is 15.4 Å². The van der Waals surface area contributed by atoms with Gasteiger partial charge in [0, 0.05) is 6.54 Å². The average molecular weight is 455 g/mol. The Labute approximate surface area is 184 Å². The third-order valence-corrected chi connectivity index (χ3v) is 5.75. The van der Waals surface area contributed by atoms with Gasteiger partial charge in [0.05, 0.1) is 4.90 Å². The van der Waals surface area contributed by atoms with Crippen LogP contribution in [0.5, 0.6) is 0 Å². The van der Waals surface area contributed by atoms with Crippen LogP contribution < -0.4 is 15.4 Å². The molecule has 0 spiro atoms. The highest BCUT2D eigenvalue weighted by molar-refractivity contribution is 7.89. The molecule has 0 saturated heterocycles. The molecule has 9 nitrogen and oxygen atoms in total. The third-order valence-electron chi connectivity index (χ3n) is 4.35. The number of urea groups is 1. The van der Waals surface area contributed by atoms with Gasteiger partial charge in [0.2, 0.25) is 10.0 Å². The maximum absolute atomic E-state index is 12.4. The molecule has 0 aliphatic carbocycles. The normalized spacial score (nSPS) is 11.0. The minimum atomic E-state index is -3.95. The lowest BCUT2D eigenvalue weighted by Gasteiger charge is -2.09. The Bertz CT molecular complexity index is 1230. The van der Waals surface area contributed by atoms with Crippen molar-refractivity contribution in [2.75, 3.05) is 13.2 Å². The highest BCUT2D eigenvalue weighted by Crippen LogP contribution is 2.18. The molecular formula is C22H21N3O6S. The van der Waals surface area contributed by atoms with Crippen molar-refractivity contribution >= 4 is 38.7 Å². The van der Waals surface area contributed by atoms with E-state index in [2.05, 4.69) is 10.0 Å². The molecule has 32 heavy (non-hydrogen) atoms. The molecule has 0 unspecified atom stereocenters. The fourth-order valence-corrected chi connectivity index (χ4v) is 3.76. The van der Waals surface area contributed by atoms with Gasteiger partial charge < -0.3 is 10.1 Å². The number of rotatable bonds is 8. The zero-order valence-corrected chi connectivity index (χ0v) is 17.7. The standard InChI is InChI=1S/C22H21N3O6S/c26-20(25-22(28)23-13-16-6-2-1-3-7-16)15-31-21(27)14-24-32(29,30)19-11-10-17-8-4-5-9-18(17)12-19/h1-12,24H,13-15H2,(H2,23,25,26,28). The lowest BCUT2D eigenvalue weighted by atomic mass is 10.1. The first-order valence-electron chi connectivity index (χ1n) is 9.59. The van der Waals surface area contributed by atoms with Crippen molar-refractivity contribution in [1.29, 1.82) is 0 Å². The molecule has 0 bridgehead atoms. The quantitative estimate of drug-likeness (QED) is 0.443. The van der Waals surface area contributed by atoms with Crippen molar-refractivity contribution in [2.24, 2.45) is 0 Å². The fourth-order valence-electron chi connectivity index (χ4n) is 2.75. The molecule has 10 heteroatoms. The number of carbonyl (C=O) groups excluding carboxylic acids is 3. The van der Waals surface area contributed by atoms with Gasteiger partial charge in [-0.2, -0.15) is 4.72 Å². The summed E-state index contributed by atoms with van der Waals surface area (Å²) in [5.74, 6) is -1.81. The Morgan fingerprint density at radius 3 is 2.28 bits per heavy atom. The highest BCUT2D eigenvalue weighted by atomic mass is 32.2. The van der Waals surface area contributed by atoms with Gasteiger partial charge in [-0.15, -0.1) is 0 Å². The Balaban J connectivity index is 1.41. The lowest BCUT2D eigenvalue weighted by Crippen LogP contribution is -2.41. The SMILES string of the molecule is O=C(COC(=O)CNS(=O)(=O)c1ccc2ccccc2c1)NC(=O)NCc1ccccc1. The van der Waals surface area contributed by atoms with Gasteiger partial charge in [-0.25, -0.2) is 13.2 Å². The highest BCUT2D eigenvalue weighted by Gasteiger charge is 2.17. The monoisotopic (exact) mass is 455 g/mol. The maximum Gasteiger partial charge on any atom is 0.321 e. The van der Waals surface area contributed by atoms with Gasteiger partial charge in [-0.1, -0.05) is 60.7 Å². The molecule has 0 fully saturated rings. The van der Waals surface area contributed by atoms with Crippen LogP contribution in [-0.4, -0.2) is 39.5 Å². The first-order valence-corrected chi connectivity index (χ1v) is 11.1. The zero-order chi connectivity index (χ0) is 23.0. The first-order chi connectivity index (χ1) is 15.3. The van der Waals surface area contributed by atoms with Crippen LogP contribution in [0.25, 0.3) is 10.8 Å². The van der Waals surface area contributed by atoms with E-state index >= 15 is 0 Å². The second-order valence-corrected chi connectivity index (χ2v) is 8.48. The number of benzene rings is 3. The zero-order valence-electron chi connectivity index (χ0n) is 16.9. The van der Waals surface area contributed by atoms with Gasteiger partial charge >= 0.3 is 12.0 Å². The largest absolute Gasteiger partial charge is 0.455 e. The van der Waals surface area contributed by atoms with Gasteiger partial charge in [-0.05, 0) is 28.5 Å². The van der Waals surface area contributed by atoms with E-state index in [4.69, 9.17) is 4.74 Å². The number of amides is 3. The van der Waals surface area contributed by atoms with Gasteiger partial charge in [0.1, 0.15) is 6.54 Å². The summed E-state index contributed by atoms with van der Waals surface area (Å²) in [4.78, 5) is 35.2. The number of esters is 1. The molecule has 3 aromatic rings. The van der Waals surface area contributed by atoms with Crippen molar-refractivity contribution in [3.05, 3.63) is 78.4 Å². The predicted octanol–water partition coefficient (Wildman–Crippen LogP) is 1.69. The van der Waals surface area contributed by atoms with E-state index in [1.54, 1.807) is 18.2 Å². The maximum atomic E-state index is 12.4. The van der Waals surface area contributed by atoms with E-state index in [9.17, 15) is 22.8 Å². The molecule has 0 radical (unpaired) electrons. The second-order valence-electron chi connectivity index (χ2n) is 6.71. The molecule has 3 rings (SSSR count). The van der Waals surface area contributed by atoms with E-state index in [1.807, 2.05) is 47.8 Å². The van der Waals surface area contributed by atoms with Gasteiger partial charge in [-0.3, -0.25) is 14.9 Å². The lowest BCUT2D eigenvalue weighted by molar-refractivity contribution is -0.147. The third kappa shape index (κ3) is 6.62. The molecule has 0 saturated carbocycles. The summed E-state index contributed by atoms with van der Waals surface area (Å²) in [5, 5.41) is 6.12. The molecule has 3 aromatic carbocycles. The smallest absolute Gasteiger partial charge is 0.321 e. The number of sulfonamides is 1. The van der Waals surface area contributed by atoms with E-state index in [0.29, 0.717) is 0 Å². The molecule has 3 N–H and O–H groups in total. The molecule has 0 atom stereocenters. The summed E-state index contributed by atoms with van der Waals surface area (Å²) in [7, 11) is -3.95. The molecule has 0 aliphatic rings. The van der Waals surface area contributed by atoms with E-state index in [-0.39, 0.29) is 11.4 Å². The number of hydrogen-bond acceptors (Lipinski definition) is 6. The summed E-state index contributed by atoms with van der Waals surface area (Å²) in [6.45, 7) is -1.17. The van der Waals surface area contributed by atoms with Gasteiger partial charge in [0.15, 0.2) is 6.61 Å². The topological polar surface area (TPSA) is 131 Å². The molecule has 3 amide bonds. The first kappa shape index (κ1) is 22.9. The van der Waals surface area contributed by atoms with Crippen LogP contribution in [0.15, 0.2) is 77.7 Å². The summed E-state index contributed by atoms with van der Waals surface area (Å²) in [6.07, 6.45) is 0. The molecule has 0 aliphatic heterocycles. The number of hydrogen-bond donors (Lipinski definition) is 3. The fraction of sp³-hybridized carbons (Fsp3) is 0.136. The Morgan fingerprint density at radius 1 is 0.844 bits per heavy atom. The van der Waals surface area contributed by atoms with Crippen LogP contribution in [0.4, 0.5) is 4.79 Å². The summed E-state index contributed by atoms with van der Waals surface area (Å²) in [5.41, 5.74) is 0.847. The average Bonchev–Trinajstić information content (AvgIpc) is 2.80. The summed E-state index contributed by atoms with van der Waals surface area (Å²) >= 11 is 0. The van der Waals surface area contributed by atoms with E-state index < -0.39 is 41.1 Å². The van der Waals surface area contributed by atoms with Crippen LogP contribution in [0.3, 0.4) is 0 Å². The number of nitrogens with one attached hydrogen (secondary N) is 3. The van der Waals surface area contributed by atoms with E-state index in [0.717, 1.165) is 16.3 Å². The van der Waals surface area contributed by atoms with Crippen molar-refractivity contribution < 1.29 is 27.5 Å². The van der Waals surface area contributed by atoms with Crippen LogP contribution in [-0.2, 0) is 30.9 Å². The number of ether oxygens (including phenoxy) is 1. The molecule has 0 heterocycles. The van der Waals surface area contributed by atoms with Crippen molar-refractivity contribution in [2.45, 2.75) is 11.4 Å². The van der Waals surface area contributed by atoms with Crippen LogP contribution in [0.2, 0.25) is 0 Å². The van der Waals surface area contributed by atoms with Crippen LogP contribution in [0, 0.1) is 0 Å². The summed E-state index contributed by atoms with van der Waals surface area (Å²) < 4.78 is 31.6. The number of imide groups is 1. The van der Waals surface area contributed by atoms with Gasteiger partial charge in [0.25, 0.3) is 5.91 Å². The Kier molecular flexibility index (Phi) is 7.53. The number of carbonyl (C=O) groups is 3.